The summed E-state index contributed by atoms with van der Waals surface area (Å²) in [5.41, 5.74) is 0. The molecule has 0 heterocycles. The van der Waals surface area contributed by atoms with Crippen LogP contribution in [0.2, 0.25) is 0 Å². The largest absolute Gasteiger partial charge is 0.634 e. The fourth-order valence-electron chi connectivity index (χ4n) is 3.98. The van der Waals surface area contributed by atoms with Gasteiger partial charge in [-0.05, 0) is 12.8 Å². The van der Waals surface area contributed by atoms with Crippen LogP contribution in [0.3, 0.4) is 0 Å². The van der Waals surface area contributed by atoms with Crippen LogP contribution in [0.5, 0.6) is 0 Å². The third-order valence-corrected chi connectivity index (χ3v) is 5.92. The van der Waals surface area contributed by atoms with E-state index in [9.17, 15) is 5.21 Å². The van der Waals surface area contributed by atoms with Gasteiger partial charge in [-0.15, -0.1) is 0 Å². The van der Waals surface area contributed by atoms with Crippen LogP contribution in [0.4, 0.5) is 0 Å². The topological polar surface area (TPSA) is 47.7 Å². The number of aliphatic hydroxyl groups is 1. The Morgan fingerprint density at radius 1 is 0.464 bits per heavy atom. The first-order chi connectivity index (χ1) is 13.8. The SMILES string of the molecule is CCCCCCCCCCCCCCCCCCCCCC[NH+]([O-])CCCO. The third-order valence-electron chi connectivity index (χ3n) is 5.92. The van der Waals surface area contributed by atoms with Crippen LogP contribution in [0.25, 0.3) is 0 Å². The summed E-state index contributed by atoms with van der Waals surface area (Å²) in [4.78, 5) is 0. The zero-order chi connectivity index (χ0) is 20.5. The number of aliphatic hydroxyl groups excluding tert-OH is 1. The van der Waals surface area contributed by atoms with Crippen molar-refractivity contribution in [3.05, 3.63) is 5.21 Å². The molecule has 0 saturated carbocycles. The first kappa shape index (κ1) is 27.9. The standard InChI is InChI=1S/C25H53NO2/c1-2-3-4-5-6-7-8-9-10-11-12-13-14-15-16-17-18-19-20-21-23-26(28)24-22-25-27/h26-27H,2-25H2,1H3. The van der Waals surface area contributed by atoms with Crippen molar-refractivity contribution in [2.75, 3.05) is 19.7 Å². The number of hydrogen-bond donors (Lipinski definition) is 2. The summed E-state index contributed by atoms with van der Waals surface area (Å²) in [6.45, 7) is 3.72. The number of unbranched alkanes of at least 4 members (excludes halogenated alkanes) is 19. The summed E-state index contributed by atoms with van der Waals surface area (Å²) < 4.78 is 0. The number of nitrogens with one attached hydrogen (secondary N) is 1. The van der Waals surface area contributed by atoms with Gasteiger partial charge in [-0.2, -0.15) is 0 Å². The summed E-state index contributed by atoms with van der Waals surface area (Å²) >= 11 is 0. The molecule has 3 heteroatoms. The molecule has 0 fully saturated rings. The van der Waals surface area contributed by atoms with Crippen molar-refractivity contribution in [1.29, 1.82) is 0 Å². The zero-order valence-corrected chi connectivity index (χ0v) is 19.3. The maximum absolute atomic E-state index is 11.5. The van der Waals surface area contributed by atoms with Crippen molar-refractivity contribution in [3.8, 4) is 0 Å². The highest BCUT2D eigenvalue weighted by Gasteiger charge is 1.98. The Morgan fingerprint density at radius 2 is 0.750 bits per heavy atom. The number of hydrogen-bond acceptors (Lipinski definition) is 2. The first-order valence-electron chi connectivity index (χ1n) is 12.9. The predicted molar refractivity (Wildman–Crippen MR) is 124 cm³/mol. The minimum Gasteiger partial charge on any atom is -0.634 e. The molecule has 0 amide bonds. The molecular formula is C25H53NO2. The van der Waals surface area contributed by atoms with E-state index in [0.717, 1.165) is 13.0 Å². The Morgan fingerprint density at radius 3 is 1.07 bits per heavy atom. The van der Waals surface area contributed by atoms with E-state index in [1.807, 2.05) is 0 Å². The van der Waals surface area contributed by atoms with Crippen molar-refractivity contribution in [3.63, 3.8) is 0 Å². The Hall–Kier alpha value is -0.120. The van der Waals surface area contributed by atoms with E-state index < -0.39 is 0 Å². The van der Waals surface area contributed by atoms with E-state index in [4.69, 9.17) is 5.11 Å². The molecule has 3 nitrogen and oxygen atoms in total. The van der Waals surface area contributed by atoms with Crippen LogP contribution in [0.15, 0.2) is 0 Å². The maximum Gasteiger partial charge on any atom is 0.0790 e. The molecule has 0 aromatic carbocycles. The van der Waals surface area contributed by atoms with Crippen LogP contribution in [-0.2, 0) is 0 Å². The predicted octanol–water partition coefficient (Wildman–Crippen LogP) is 6.57. The third kappa shape index (κ3) is 23.9. The fraction of sp³-hybridized carbons (Fsp3) is 1.00. The van der Waals surface area contributed by atoms with E-state index in [1.54, 1.807) is 0 Å². The molecule has 170 valence electrons. The molecule has 0 aromatic heterocycles. The highest BCUT2D eigenvalue weighted by atomic mass is 16.5. The Labute approximate surface area is 177 Å². The normalized spacial score (nSPS) is 12.5. The zero-order valence-electron chi connectivity index (χ0n) is 19.3. The van der Waals surface area contributed by atoms with Gasteiger partial charge >= 0.3 is 0 Å². The van der Waals surface area contributed by atoms with Crippen LogP contribution in [-0.4, -0.2) is 24.8 Å². The molecule has 0 aliphatic heterocycles. The lowest BCUT2D eigenvalue weighted by Gasteiger charge is -2.21. The molecule has 2 N–H and O–H groups in total. The van der Waals surface area contributed by atoms with Gasteiger partial charge in [-0.25, -0.2) is 0 Å². The molecule has 0 saturated heterocycles. The smallest absolute Gasteiger partial charge is 0.0790 e. The molecule has 0 radical (unpaired) electrons. The van der Waals surface area contributed by atoms with Crippen molar-refractivity contribution in [2.45, 2.75) is 142 Å². The average molecular weight is 400 g/mol. The first-order valence-corrected chi connectivity index (χ1v) is 12.9. The van der Waals surface area contributed by atoms with Gasteiger partial charge in [0.15, 0.2) is 0 Å². The number of quaternary nitrogens is 1. The van der Waals surface area contributed by atoms with Gasteiger partial charge in [0.05, 0.1) is 13.1 Å². The van der Waals surface area contributed by atoms with Crippen LogP contribution in [0, 0.1) is 5.21 Å². The highest BCUT2D eigenvalue weighted by Crippen LogP contribution is 2.14. The maximum atomic E-state index is 11.5. The Kier molecular flexibility index (Phi) is 24.8. The summed E-state index contributed by atoms with van der Waals surface area (Å²) in [5, 5.41) is 20.5. The summed E-state index contributed by atoms with van der Waals surface area (Å²) in [6, 6.07) is 0. The average Bonchev–Trinajstić information content (AvgIpc) is 2.70. The van der Waals surface area contributed by atoms with Gasteiger partial charge in [0, 0.05) is 13.0 Å². The molecular weight excluding hydrogens is 346 g/mol. The van der Waals surface area contributed by atoms with Crippen molar-refractivity contribution in [2.24, 2.45) is 0 Å². The lowest BCUT2D eigenvalue weighted by molar-refractivity contribution is -0.848. The Balaban J connectivity index is 3.03. The second kappa shape index (κ2) is 24.9. The minimum atomic E-state index is 0.144. The van der Waals surface area contributed by atoms with Gasteiger partial charge in [-0.3, -0.25) is 0 Å². The highest BCUT2D eigenvalue weighted by molar-refractivity contribution is 4.51. The molecule has 0 rings (SSSR count). The van der Waals surface area contributed by atoms with E-state index in [-0.39, 0.29) is 6.61 Å². The summed E-state index contributed by atoms with van der Waals surface area (Å²) in [7, 11) is 0. The van der Waals surface area contributed by atoms with Gasteiger partial charge in [0.25, 0.3) is 0 Å². The molecule has 1 atom stereocenters. The van der Waals surface area contributed by atoms with Gasteiger partial charge < -0.3 is 15.4 Å². The lowest BCUT2D eigenvalue weighted by atomic mass is 10.0. The van der Waals surface area contributed by atoms with Crippen LogP contribution < -0.4 is 5.06 Å². The van der Waals surface area contributed by atoms with Crippen molar-refractivity contribution < 1.29 is 10.2 Å². The minimum absolute atomic E-state index is 0.144. The van der Waals surface area contributed by atoms with E-state index in [1.165, 1.54) is 122 Å². The molecule has 28 heavy (non-hydrogen) atoms. The molecule has 0 spiro atoms. The van der Waals surface area contributed by atoms with E-state index in [2.05, 4.69) is 6.92 Å². The quantitative estimate of drug-likeness (QED) is 0.142. The van der Waals surface area contributed by atoms with E-state index >= 15 is 0 Å². The Bertz CT molecular complexity index is 273. The molecule has 0 bridgehead atoms. The second-order valence-corrected chi connectivity index (χ2v) is 8.83. The second-order valence-electron chi connectivity index (χ2n) is 8.83. The molecule has 1 unspecified atom stereocenters. The lowest BCUT2D eigenvalue weighted by Crippen LogP contribution is -3.07. The van der Waals surface area contributed by atoms with Crippen LogP contribution >= 0.6 is 0 Å². The summed E-state index contributed by atoms with van der Waals surface area (Å²) in [5.74, 6) is 0. The van der Waals surface area contributed by atoms with Crippen molar-refractivity contribution in [1.82, 2.24) is 0 Å². The van der Waals surface area contributed by atoms with Crippen molar-refractivity contribution >= 4 is 0 Å². The summed E-state index contributed by atoms with van der Waals surface area (Å²) in [6.07, 6.45) is 28.4. The fourth-order valence-corrected chi connectivity index (χ4v) is 3.98. The monoisotopic (exact) mass is 399 g/mol. The van der Waals surface area contributed by atoms with Gasteiger partial charge in [0.1, 0.15) is 0 Å². The van der Waals surface area contributed by atoms with Crippen LogP contribution in [0.1, 0.15) is 142 Å². The van der Waals surface area contributed by atoms with Gasteiger partial charge in [-0.1, -0.05) is 122 Å². The number of rotatable bonds is 24. The van der Waals surface area contributed by atoms with E-state index in [0.29, 0.717) is 18.0 Å². The number of hydroxylamine groups is 2. The van der Waals surface area contributed by atoms with Gasteiger partial charge in [0.2, 0.25) is 0 Å². The molecule has 0 aromatic rings. The molecule has 0 aliphatic carbocycles. The molecule has 0 aliphatic rings.